The first-order valence-electron chi connectivity index (χ1n) is 8.00. The highest BCUT2D eigenvalue weighted by Gasteiger charge is 2.41. The molecule has 3 nitrogen and oxygen atoms in total. The first-order valence-corrected chi connectivity index (χ1v) is 8.00. The summed E-state index contributed by atoms with van der Waals surface area (Å²) in [5, 5.41) is 3.25. The Bertz CT molecular complexity index is 499. The zero-order valence-electron chi connectivity index (χ0n) is 12.5. The number of hydrogen-bond donors (Lipinski definition) is 1. The minimum absolute atomic E-state index is 0.219. The molecule has 0 spiro atoms. The minimum Gasteiger partial charge on any atom is -0.352 e. The van der Waals surface area contributed by atoms with Crippen LogP contribution in [0.2, 0.25) is 0 Å². The predicted molar refractivity (Wildman–Crippen MR) is 84.9 cm³/mol. The molecule has 2 saturated heterocycles. The number of fused-ring (bicyclic) bond motifs is 1. The standard InChI is InChI=1S/C18H24N2O/c1-2-12-20-16-10-6-7-11-18(21)19-15(16)13-17(20)14-8-4-3-5-9-14/h2-5,8-9,15-17H,1,6-7,10-13H2,(H,19,21)/t15-,16+,17-/m0/s1. The molecule has 0 aromatic heterocycles. The molecule has 2 aliphatic rings. The summed E-state index contributed by atoms with van der Waals surface area (Å²) in [7, 11) is 0. The van der Waals surface area contributed by atoms with Gasteiger partial charge in [0.1, 0.15) is 0 Å². The average molecular weight is 284 g/mol. The zero-order chi connectivity index (χ0) is 14.7. The van der Waals surface area contributed by atoms with Crippen LogP contribution in [0.25, 0.3) is 0 Å². The molecule has 2 heterocycles. The quantitative estimate of drug-likeness (QED) is 0.865. The molecule has 3 heteroatoms. The van der Waals surface area contributed by atoms with E-state index in [0.717, 1.165) is 25.8 Å². The maximum Gasteiger partial charge on any atom is 0.220 e. The molecule has 1 aromatic rings. The topological polar surface area (TPSA) is 32.3 Å². The third kappa shape index (κ3) is 3.03. The molecule has 0 bridgehead atoms. The summed E-state index contributed by atoms with van der Waals surface area (Å²) in [6.45, 7) is 4.80. The number of carbonyl (C=O) groups excluding carboxylic acids is 1. The van der Waals surface area contributed by atoms with Gasteiger partial charge in [0, 0.05) is 31.1 Å². The fraction of sp³-hybridized carbons (Fsp3) is 0.500. The molecule has 112 valence electrons. The summed E-state index contributed by atoms with van der Waals surface area (Å²) in [6.07, 6.45) is 6.99. The lowest BCUT2D eigenvalue weighted by Crippen LogP contribution is -2.46. The summed E-state index contributed by atoms with van der Waals surface area (Å²) in [6, 6.07) is 11.8. The molecule has 2 fully saturated rings. The third-order valence-electron chi connectivity index (χ3n) is 4.79. The van der Waals surface area contributed by atoms with Gasteiger partial charge in [0.2, 0.25) is 5.91 Å². The van der Waals surface area contributed by atoms with Crippen LogP contribution in [0.15, 0.2) is 43.0 Å². The fourth-order valence-electron chi connectivity index (χ4n) is 3.85. The molecule has 3 atom stereocenters. The average Bonchev–Trinajstić information content (AvgIpc) is 2.80. The van der Waals surface area contributed by atoms with Gasteiger partial charge in [-0.3, -0.25) is 9.69 Å². The molecule has 1 aromatic carbocycles. The summed E-state index contributed by atoms with van der Waals surface area (Å²) < 4.78 is 0. The van der Waals surface area contributed by atoms with E-state index in [2.05, 4.69) is 47.1 Å². The molecule has 0 radical (unpaired) electrons. The third-order valence-corrected chi connectivity index (χ3v) is 4.79. The number of hydrogen-bond acceptors (Lipinski definition) is 2. The number of carbonyl (C=O) groups is 1. The van der Waals surface area contributed by atoms with Crippen molar-refractivity contribution in [2.75, 3.05) is 6.54 Å². The van der Waals surface area contributed by atoms with Crippen molar-refractivity contribution >= 4 is 5.91 Å². The van der Waals surface area contributed by atoms with E-state index < -0.39 is 0 Å². The van der Waals surface area contributed by atoms with Crippen LogP contribution in [0.1, 0.15) is 43.7 Å². The SMILES string of the molecule is C=CCN1[C@@H]2CCCCC(=O)N[C@H]2C[C@H]1c1ccccc1. The van der Waals surface area contributed by atoms with E-state index in [4.69, 9.17) is 0 Å². The van der Waals surface area contributed by atoms with Crippen LogP contribution < -0.4 is 5.32 Å². The van der Waals surface area contributed by atoms with Gasteiger partial charge in [0.25, 0.3) is 0 Å². The number of nitrogens with zero attached hydrogens (tertiary/aromatic N) is 1. The van der Waals surface area contributed by atoms with Gasteiger partial charge in [-0.1, -0.05) is 42.8 Å². The zero-order valence-corrected chi connectivity index (χ0v) is 12.5. The van der Waals surface area contributed by atoms with Gasteiger partial charge in [-0.25, -0.2) is 0 Å². The van der Waals surface area contributed by atoms with E-state index in [1.165, 1.54) is 12.0 Å². The fourth-order valence-corrected chi connectivity index (χ4v) is 3.85. The highest BCUT2D eigenvalue weighted by atomic mass is 16.1. The molecule has 3 rings (SSSR count). The Morgan fingerprint density at radius 3 is 2.86 bits per heavy atom. The van der Waals surface area contributed by atoms with E-state index in [1.54, 1.807) is 0 Å². The molecule has 2 aliphatic heterocycles. The maximum atomic E-state index is 11.9. The molecule has 1 N–H and O–H groups in total. The molecular formula is C18H24N2O. The molecular weight excluding hydrogens is 260 g/mol. The van der Waals surface area contributed by atoms with Crippen molar-refractivity contribution in [1.29, 1.82) is 0 Å². The minimum atomic E-state index is 0.219. The summed E-state index contributed by atoms with van der Waals surface area (Å²) in [5.41, 5.74) is 1.35. The Hall–Kier alpha value is -1.61. The highest BCUT2D eigenvalue weighted by Crippen LogP contribution is 2.38. The van der Waals surface area contributed by atoms with Crippen LogP contribution in [-0.4, -0.2) is 29.4 Å². The van der Waals surface area contributed by atoms with Crippen molar-refractivity contribution in [1.82, 2.24) is 10.2 Å². The largest absolute Gasteiger partial charge is 0.352 e. The number of rotatable bonds is 3. The maximum absolute atomic E-state index is 11.9. The van der Waals surface area contributed by atoms with Crippen LogP contribution in [0.4, 0.5) is 0 Å². The second-order valence-electron chi connectivity index (χ2n) is 6.13. The molecule has 0 aliphatic carbocycles. The summed E-state index contributed by atoms with van der Waals surface area (Å²) >= 11 is 0. The summed E-state index contributed by atoms with van der Waals surface area (Å²) in [4.78, 5) is 14.5. The van der Waals surface area contributed by atoms with E-state index in [-0.39, 0.29) is 11.9 Å². The van der Waals surface area contributed by atoms with Crippen molar-refractivity contribution in [2.45, 2.75) is 50.2 Å². The number of amides is 1. The van der Waals surface area contributed by atoms with Crippen LogP contribution in [0.3, 0.4) is 0 Å². The van der Waals surface area contributed by atoms with Crippen molar-refractivity contribution in [3.05, 3.63) is 48.6 Å². The van der Waals surface area contributed by atoms with Gasteiger partial charge in [0.15, 0.2) is 0 Å². The smallest absolute Gasteiger partial charge is 0.220 e. The normalized spacial score (nSPS) is 30.1. The van der Waals surface area contributed by atoms with E-state index in [1.807, 2.05) is 6.08 Å². The Kier molecular flexibility index (Phi) is 4.39. The van der Waals surface area contributed by atoms with E-state index in [9.17, 15) is 4.79 Å². The lowest BCUT2D eigenvalue weighted by Gasteiger charge is -2.32. The van der Waals surface area contributed by atoms with Crippen LogP contribution in [0, 0.1) is 0 Å². The van der Waals surface area contributed by atoms with Crippen LogP contribution in [0.5, 0.6) is 0 Å². The van der Waals surface area contributed by atoms with Crippen molar-refractivity contribution < 1.29 is 4.79 Å². The Balaban J connectivity index is 1.87. The van der Waals surface area contributed by atoms with Gasteiger partial charge < -0.3 is 5.32 Å². The van der Waals surface area contributed by atoms with Crippen molar-refractivity contribution in [3.63, 3.8) is 0 Å². The summed E-state index contributed by atoms with van der Waals surface area (Å²) in [5.74, 6) is 0.219. The van der Waals surface area contributed by atoms with Crippen LogP contribution in [-0.2, 0) is 4.79 Å². The van der Waals surface area contributed by atoms with Gasteiger partial charge >= 0.3 is 0 Å². The second-order valence-corrected chi connectivity index (χ2v) is 6.13. The number of benzene rings is 1. The van der Waals surface area contributed by atoms with Gasteiger partial charge in [-0.15, -0.1) is 6.58 Å². The highest BCUT2D eigenvalue weighted by molar-refractivity contribution is 5.76. The monoisotopic (exact) mass is 284 g/mol. The lowest BCUT2D eigenvalue weighted by molar-refractivity contribution is -0.122. The number of nitrogens with one attached hydrogen (secondary N) is 1. The first kappa shape index (κ1) is 14.3. The Morgan fingerprint density at radius 1 is 1.29 bits per heavy atom. The molecule has 1 amide bonds. The Morgan fingerprint density at radius 2 is 2.10 bits per heavy atom. The van der Waals surface area contributed by atoms with Crippen molar-refractivity contribution in [3.8, 4) is 0 Å². The van der Waals surface area contributed by atoms with Gasteiger partial charge in [0.05, 0.1) is 0 Å². The van der Waals surface area contributed by atoms with Gasteiger partial charge in [-0.2, -0.15) is 0 Å². The predicted octanol–water partition coefficient (Wildman–Crippen LogP) is 3.05. The number of likely N-dealkylation sites (tertiary alicyclic amines) is 1. The first-order chi connectivity index (χ1) is 10.3. The van der Waals surface area contributed by atoms with Gasteiger partial charge in [-0.05, 0) is 24.8 Å². The molecule has 21 heavy (non-hydrogen) atoms. The van der Waals surface area contributed by atoms with E-state index in [0.29, 0.717) is 18.5 Å². The lowest BCUT2D eigenvalue weighted by atomic mass is 9.97. The van der Waals surface area contributed by atoms with Crippen LogP contribution >= 0.6 is 0 Å². The van der Waals surface area contributed by atoms with E-state index >= 15 is 0 Å². The molecule has 0 saturated carbocycles. The second kappa shape index (κ2) is 6.44. The Labute approximate surface area is 127 Å². The molecule has 0 unspecified atom stereocenters. The van der Waals surface area contributed by atoms with Crippen molar-refractivity contribution in [2.24, 2.45) is 0 Å².